The molecule has 2 rings (SSSR count). The van der Waals surface area contributed by atoms with Crippen LogP contribution in [0.3, 0.4) is 0 Å². The van der Waals surface area contributed by atoms with Crippen LogP contribution in [0, 0.1) is 0 Å². The molecular weight excluding hydrogens is 268 g/mol. The second-order valence-electron chi connectivity index (χ2n) is 5.20. The zero-order chi connectivity index (χ0) is 14.5. The fourth-order valence-corrected chi connectivity index (χ4v) is 2.41. The van der Waals surface area contributed by atoms with E-state index in [1.165, 1.54) is 5.56 Å². The molecule has 2 aromatic carbocycles. The molecular formula is C18H21ClO. The van der Waals surface area contributed by atoms with Crippen LogP contribution in [0.4, 0.5) is 0 Å². The largest absolute Gasteiger partial charge is 0.491 e. The van der Waals surface area contributed by atoms with Crippen molar-refractivity contribution >= 4 is 11.6 Å². The number of halogens is 1. The van der Waals surface area contributed by atoms with Crippen LogP contribution in [0.25, 0.3) is 0 Å². The molecule has 1 unspecified atom stereocenters. The Bertz CT molecular complexity index is 546. The van der Waals surface area contributed by atoms with E-state index in [0.717, 1.165) is 23.3 Å². The fraction of sp³-hybridized carbons (Fsp3) is 0.333. The Morgan fingerprint density at radius 3 is 2.30 bits per heavy atom. The third-order valence-corrected chi connectivity index (χ3v) is 3.71. The van der Waals surface area contributed by atoms with Crippen LogP contribution in [0.5, 0.6) is 5.75 Å². The first-order chi connectivity index (χ1) is 9.60. The van der Waals surface area contributed by atoms with Crippen molar-refractivity contribution in [3.63, 3.8) is 0 Å². The second kappa shape index (κ2) is 6.81. The molecule has 0 aliphatic carbocycles. The van der Waals surface area contributed by atoms with E-state index in [0.29, 0.717) is 0 Å². The van der Waals surface area contributed by atoms with Gasteiger partial charge < -0.3 is 4.74 Å². The van der Waals surface area contributed by atoms with Gasteiger partial charge in [-0.1, -0.05) is 43.3 Å². The number of hydrogen-bond donors (Lipinski definition) is 0. The van der Waals surface area contributed by atoms with Crippen molar-refractivity contribution in [2.45, 2.75) is 38.7 Å². The summed E-state index contributed by atoms with van der Waals surface area (Å²) < 4.78 is 5.72. The summed E-state index contributed by atoms with van der Waals surface area (Å²) in [6.07, 6.45) is 1.22. The van der Waals surface area contributed by atoms with Crippen molar-refractivity contribution in [1.29, 1.82) is 0 Å². The maximum atomic E-state index is 6.58. The zero-order valence-electron chi connectivity index (χ0n) is 12.3. The van der Waals surface area contributed by atoms with Crippen molar-refractivity contribution in [3.05, 3.63) is 65.2 Å². The average Bonchev–Trinajstić information content (AvgIpc) is 2.46. The number of aryl methyl sites for hydroxylation is 1. The van der Waals surface area contributed by atoms with Gasteiger partial charge in [0.05, 0.1) is 11.5 Å². The Kier molecular flexibility index (Phi) is 5.08. The average molecular weight is 289 g/mol. The van der Waals surface area contributed by atoms with Gasteiger partial charge in [0.2, 0.25) is 0 Å². The van der Waals surface area contributed by atoms with Crippen molar-refractivity contribution in [2.24, 2.45) is 0 Å². The van der Waals surface area contributed by atoms with E-state index in [1.54, 1.807) is 0 Å². The quantitative estimate of drug-likeness (QED) is 0.673. The number of rotatable bonds is 5. The van der Waals surface area contributed by atoms with Crippen LogP contribution in [-0.4, -0.2) is 6.10 Å². The lowest BCUT2D eigenvalue weighted by Crippen LogP contribution is -2.05. The minimum absolute atomic E-state index is 0.142. The van der Waals surface area contributed by atoms with Crippen molar-refractivity contribution in [3.8, 4) is 5.75 Å². The molecule has 0 amide bonds. The molecule has 106 valence electrons. The lowest BCUT2D eigenvalue weighted by molar-refractivity contribution is 0.242. The predicted octanol–water partition coefficient (Wildman–Crippen LogP) is 5.36. The Hall–Kier alpha value is -1.47. The van der Waals surface area contributed by atoms with Gasteiger partial charge in [-0.05, 0) is 49.1 Å². The standard InChI is InChI=1S/C18H21ClO/c1-4-14-8-10-15(11-9-14)18(19)16-6-5-7-17(12-16)20-13(2)3/h5-13,18H,4H2,1-3H3. The molecule has 0 aromatic heterocycles. The molecule has 0 radical (unpaired) electrons. The first kappa shape index (κ1) is 14.9. The molecule has 0 N–H and O–H groups in total. The van der Waals surface area contributed by atoms with Crippen molar-refractivity contribution in [1.82, 2.24) is 0 Å². The Morgan fingerprint density at radius 1 is 1.00 bits per heavy atom. The summed E-state index contributed by atoms with van der Waals surface area (Å²) in [5.74, 6) is 0.869. The molecule has 0 saturated heterocycles. The van der Waals surface area contributed by atoms with Gasteiger partial charge in [-0.15, -0.1) is 11.6 Å². The molecule has 0 heterocycles. The minimum Gasteiger partial charge on any atom is -0.491 e. The smallest absolute Gasteiger partial charge is 0.120 e. The Morgan fingerprint density at radius 2 is 1.70 bits per heavy atom. The second-order valence-corrected chi connectivity index (χ2v) is 5.63. The maximum absolute atomic E-state index is 6.58. The van der Waals surface area contributed by atoms with E-state index in [2.05, 4.69) is 31.2 Å². The zero-order valence-corrected chi connectivity index (χ0v) is 13.0. The van der Waals surface area contributed by atoms with Crippen molar-refractivity contribution in [2.75, 3.05) is 0 Å². The summed E-state index contributed by atoms with van der Waals surface area (Å²) in [6, 6.07) is 16.5. The lowest BCUT2D eigenvalue weighted by Gasteiger charge is -2.14. The summed E-state index contributed by atoms with van der Waals surface area (Å²) in [5.41, 5.74) is 3.51. The summed E-state index contributed by atoms with van der Waals surface area (Å²) >= 11 is 6.58. The minimum atomic E-state index is -0.142. The predicted molar refractivity (Wildman–Crippen MR) is 85.7 cm³/mol. The highest BCUT2D eigenvalue weighted by atomic mass is 35.5. The van der Waals surface area contributed by atoms with Gasteiger partial charge in [0.25, 0.3) is 0 Å². The fourth-order valence-electron chi connectivity index (χ4n) is 2.13. The van der Waals surface area contributed by atoms with E-state index in [-0.39, 0.29) is 11.5 Å². The highest BCUT2D eigenvalue weighted by Crippen LogP contribution is 2.31. The van der Waals surface area contributed by atoms with Crippen LogP contribution < -0.4 is 4.74 Å². The van der Waals surface area contributed by atoms with Gasteiger partial charge in [-0.3, -0.25) is 0 Å². The third kappa shape index (κ3) is 3.77. The van der Waals surface area contributed by atoms with Crippen LogP contribution in [0.1, 0.15) is 42.8 Å². The van der Waals surface area contributed by atoms with E-state index >= 15 is 0 Å². The van der Waals surface area contributed by atoms with Crippen LogP contribution >= 0.6 is 11.6 Å². The summed E-state index contributed by atoms with van der Waals surface area (Å²) in [7, 11) is 0. The molecule has 20 heavy (non-hydrogen) atoms. The molecule has 1 atom stereocenters. The summed E-state index contributed by atoms with van der Waals surface area (Å²) in [5, 5.41) is -0.142. The van der Waals surface area contributed by atoms with Crippen molar-refractivity contribution < 1.29 is 4.74 Å². The van der Waals surface area contributed by atoms with E-state index in [9.17, 15) is 0 Å². The third-order valence-electron chi connectivity index (χ3n) is 3.20. The van der Waals surface area contributed by atoms with E-state index < -0.39 is 0 Å². The maximum Gasteiger partial charge on any atom is 0.120 e. The van der Waals surface area contributed by atoms with Gasteiger partial charge in [-0.25, -0.2) is 0 Å². The molecule has 1 nitrogen and oxygen atoms in total. The highest BCUT2D eigenvalue weighted by molar-refractivity contribution is 6.22. The Balaban J connectivity index is 2.20. The van der Waals surface area contributed by atoms with Gasteiger partial charge >= 0.3 is 0 Å². The number of benzene rings is 2. The molecule has 0 spiro atoms. The van der Waals surface area contributed by atoms with Gasteiger partial charge in [0, 0.05) is 0 Å². The molecule has 0 saturated carbocycles. The van der Waals surface area contributed by atoms with Crippen LogP contribution in [0.2, 0.25) is 0 Å². The normalized spacial score (nSPS) is 12.4. The summed E-state index contributed by atoms with van der Waals surface area (Å²) in [6.45, 7) is 6.20. The highest BCUT2D eigenvalue weighted by Gasteiger charge is 2.11. The van der Waals surface area contributed by atoms with E-state index in [4.69, 9.17) is 16.3 Å². The number of alkyl halides is 1. The number of ether oxygens (including phenoxy) is 1. The van der Waals surface area contributed by atoms with Gasteiger partial charge in [0.1, 0.15) is 5.75 Å². The molecule has 0 aliphatic rings. The van der Waals surface area contributed by atoms with E-state index in [1.807, 2.05) is 38.1 Å². The number of hydrogen-bond acceptors (Lipinski definition) is 1. The molecule has 2 heteroatoms. The SMILES string of the molecule is CCc1ccc(C(Cl)c2cccc(OC(C)C)c2)cc1. The van der Waals surface area contributed by atoms with Gasteiger partial charge in [0.15, 0.2) is 0 Å². The topological polar surface area (TPSA) is 9.23 Å². The molecule has 0 aliphatic heterocycles. The van der Waals surface area contributed by atoms with Crippen LogP contribution in [0.15, 0.2) is 48.5 Å². The molecule has 2 aromatic rings. The summed E-state index contributed by atoms with van der Waals surface area (Å²) in [4.78, 5) is 0. The molecule has 0 fully saturated rings. The lowest BCUT2D eigenvalue weighted by atomic mass is 10.0. The monoisotopic (exact) mass is 288 g/mol. The van der Waals surface area contributed by atoms with Crippen LogP contribution in [-0.2, 0) is 6.42 Å². The first-order valence-corrected chi connectivity index (χ1v) is 7.53. The Labute approximate surface area is 126 Å². The molecule has 0 bridgehead atoms. The first-order valence-electron chi connectivity index (χ1n) is 7.09. The van der Waals surface area contributed by atoms with Gasteiger partial charge in [-0.2, -0.15) is 0 Å².